The number of benzene rings is 1. The summed E-state index contributed by atoms with van der Waals surface area (Å²) in [5, 5.41) is 13.0. The van der Waals surface area contributed by atoms with E-state index in [0.29, 0.717) is 13.0 Å². The van der Waals surface area contributed by atoms with Gasteiger partial charge in [-0.1, -0.05) is 30.3 Å². The minimum atomic E-state index is -0.573. The molecule has 1 heterocycles. The highest BCUT2D eigenvalue weighted by Gasteiger charge is 2.33. The van der Waals surface area contributed by atoms with Gasteiger partial charge in [0, 0.05) is 19.5 Å². The van der Waals surface area contributed by atoms with Gasteiger partial charge in [-0.2, -0.15) is 0 Å². The maximum absolute atomic E-state index is 12.4. The Balaban J connectivity index is 1.98. The zero-order chi connectivity index (χ0) is 16.1. The third-order valence-corrected chi connectivity index (χ3v) is 4.13. The smallest absolute Gasteiger partial charge is 0.245 e. The maximum Gasteiger partial charge on any atom is 0.245 e. The topological polar surface area (TPSA) is 69.6 Å². The van der Waals surface area contributed by atoms with Gasteiger partial charge in [0.25, 0.3) is 0 Å². The Morgan fingerprint density at radius 1 is 1.36 bits per heavy atom. The highest BCUT2D eigenvalue weighted by Crippen LogP contribution is 2.27. The Morgan fingerprint density at radius 2 is 2.05 bits per heavy atom. The fourth-order valence-corrected chi connectivity index (χ4v) is 3.06. The molecule has 5 heteroatoms. The molecule has 0 aliphatic carbocycles. The lowest BCUT2D eigenvalue weighted by Crippen LogP contribution is -2.48. The van der Waals surface area contributed by atoms with Gasteiger partial charge in [0.15, 0.2) is 0 Å². The molecule has 0 bridgehead atoms. The summed E-state index contributed by atoms with van der Waals surface area (Å²) in [5.74, 6) is -0.279. The van der Waals surface area contributed by atoms with Crippen LogP contribution in [0.15, 0.2) is 30.3 Å². The molecular formula is C17H24N2O3. The number of rotatable bonds is 5. The zero-order valence-electron chi connectivity index (χ0n) is 13.2. The largest absolute Gasteiger partial charge is 0.388 e. The average Bonchev–Trinajstić information content (AvgIpc) is 2.94. The summed E-state index contributed by atoms with van der Waals surface area (Å²) >= 11 is 0. The molecule has 2 rings (SSSR count). The van der Waals surface area contributed by atoms with E-state index < -0.39 is 12.1 Å². The number of likely N-dealkylation sites (tertiary alicyclic amines) is 1. The number of aliphatic hydroxyl groups excluding tert-OH is 1. The molecule has 3 atom stereocenters. The first-order valence-electron chi connectivity index (χ1n) is 7.79. The molecule has 22 heavy (non-hydrogen) atoms. The molecule has 2 N–H and O–H groups in total. The summed E-state index contributed by atoms with van der Waals surface area (Å²) in [5.41, 5.74) is 0.872. The van der Waals surface area contributed by atoms with E-state index in [1.54, 1.807) is 11.8 Å². The molecule has 3 unspecified atom stereocenters. The summed E-state index contributed by atoms with van der Waals surface area (Å²) in [6.07, 6.45) is 1.78. The Labute approximate surface area is 131 Å². The van der Waals surface area contributed by atoms with Gasteiger partial charge < -0.3 is 15.3 Å². The van der Waals surface area contributed by atoms with Crippen LogP contribution in [0.4, 0.5) is 0 Å². The lowest BCUT2D eigenvalue weighted by molar-refractivity contribution is -0.136. The second kappa shape index (κ2) is 7.40. The fourth-order valence-electron chi connectivity index (χ4n) is 3.06. The van der Waals surface area contributed by atoms with Crippen LogP contribution in [0.2, 0.25) is 0 Å². The van der Waals surface area contributed by atoms with E-state index in [0.717, 1.165) is 18.4 Å². The number of amides is 2. The van der Waals surface area contributed by atoms with Gasteiger partial charge in [0.05, 0.1) is 6.10 Å². The molecule has 1 aliphatic heterocycles. The van der Waals surface area contributed by atoms with Crippen molar-refractivity contribution in [3.8, 4) is 0 Å². The van der Waals surface area contributed by atoms with Crippen LogP contribution >= 0.6 is 0 Å². The van der Waals surface area contributed by atoms with Gasteiger partial charge in [0.1, 0.15) is 6.04 Å². The molecular weight excluding hydrogens is 280 g/mol. The van der Waals surface area contributed by atoms with E-state index in [9.17, 15) is 14.7 Å². The van der Waals surface area contributed by atoms with Crippen molar-refractivity contribution in [1.29, 1.82) is 0 Å². The third-order valence-electron chi connectivity index (χ3n) is 4.13. The van der Waals surface area contributed by atoms with Gasteiger partial charge >= 0.3 is 0 Å². The molecule has 1 saturated heterocycles. The van der Waals surface area contributed by atoms with Crippen LogP contribution in [0.5, 0.6) is 0 Å². The van der Waals surface area contributed by atoms with Crippen LogP contribution in [-0.4, -0.2) is 40.4 Å². The molecule has 120 valence electrons. The first kappa shape index (κ1) is 16.5. The lowest BCUT2D eigenvalue weighted by Gasteiger charge is -2.29. The monoisotopic (exact) mass is 304 g/mol. The fraction of sp³-hybridized carbons (Fsp3) is 0.529. The van der Waals surface area contributed by atoms with Gasteiger partial charge in [-0.25, -0.2) is 0 Å². The highest BCUT2D eigenvalue weighted by molar-refractivity contribution is 5.86. The molecule has 0 aromatic heterocycles. The summed E-state index contributed by atoms with van der Waals surface area (Å²) in [6.45, 7) is 3.80. The Hall–Kier alpha value is -1.88. The first-order chi connectivity index (χ1) is 10.5. The Kier molecular flexibility index (Phi) is 5.55. The molecule has 0 saturated carbocycles. The van der Waals surface area contributed by atoms with Crippen LogP contribution in [0.25, 0.3) is 0 Å². The maximum atomic E-state index is 12.4. The SMILES string of the molecule is CC(=O)NC(C)C(=O)N1CCCC1CC(O)c1ccccc1. The predicted octanol–water partition coefficient (Wildman–Crippen LogP) is 1.63. The van der Waals surface area contributed by atoms with Crippen molar-refractivity contribution in [2.75, 3.05) is 6.54 Å². The second-order valence-electron chi connectivity index (χ2n) is 5.91. The van der Waals surface area contributed by atoms with Gasteiger partial charge in [-0.3, -0.25) is 9.59 Å². The molecule has 1 aromatic carbocycles. The molecule has 1 aliphatic rings. The van der Waals surface area contributed by atoms with Crippen molar-refractivity contribution in [1.82, 2.24) is 10.2 Å². The Bertz CT molecular complexity index is 518. The van der Waals surface area contributed by atoms with E-state index in [4.69, 9.17) is 0 Å². The van der Waals surface area contributed by atoms with Crippen molar-refractivity contribution in [3.63, 3.8) is 0 Å². The molecule has 1 fully saturated rings. The van der Waals surface area contributed by atoms with E-state index in [1.807, 2.05) is 30.3 Å². The predicted molar refractivity (Wildman–Crippen MR) is 84.0 cm³/mol. The molecule has 0 radical (unpaired) electrons. The lowest BCUT2D eigenvalue weighted by atomic mass is 10.0. The van der Waals surface area contributed by atoms with Crippen molar-refractivity contribution in [2.24, 2.45) is 0 Å². The quantitative estimate of drug-likeness (QED) is 0.868. The summed E-state index contributed by atoms with van der Waals surface area (Å²) in [6, 6.07) is 9.00. The zero-order valence-corrected chi connectivity index (χ0v) is 13.2. The van der Waals surface area contributed by atoms with Crippen LogP contribution in [0.3, 0.4) is 0 Å². The number of carbonyl (C=O) groups is 2. The van der Waals surface area contributed by atoms with Crippen LogP contribution in [-0.2, 0) is 9.59 Å². The average molecular weight is 304 g/mol. The number of nitrogens with one attached hydrogen (secondary N) is 1. The molecule has 2 amide bonds. The second-order valence-corrected chi connectivity index (χ2v) is 5.91. The highest BCUT2D eigenvalue weighted by atomic mass is 16.3. The number of hydrogen-bond donors (Lipinski definition) is 2. The van der Waals surface area contributed by atoms with E-state index >= 15 is 0 Å². The minimum absolute atomic E-state index is 0.0268. The van der Waals surface area contributed by atoms with E-state index in [-0.39, 0.29) is 17.9 Å². The number of carbonyl (C=O) groups excluding carboxylic acids is 2. The van der Waals surface area contributed by atoms with Crippen molar-refractivity contribution >= 4 is 11.8 Å². The van der Waals surface area contributed by atoms with Crippen LogP contribution in [0.1, 0.15) is 44.8 Å². The Morgan fingerprint density at radius 3 is 2.68 bits per heavy atom. The number of hydrogen-bond acceptors (Lipinski definition) is 3. The van der Waals surface area contributed by atoms with E-state index in [1.165, 1.54) is 6.92 Å². The van der Waals surface area contributed by atoms with Gasteiger partial charge in [-0.15, -0.1) is 0 Å². The molecule has 1 aromatic rings. The van der Waals surface area contributed by atoms with Crippen molar-refractivity contribution in [2.45, 2.75) is 51.3 Å². The van der Waals surface area contributed by atoms with Crippen LogP contribution < -0.4 is 5.32 Å². The summed E-state index contributed by atoms with van der Waals surface area (Å²) in [7, 11) is 0. The summed E-state index contributed by atoms with van der Waals surface area (Å²) in [4.78, 5) is 25.3. The number of aliphatic hydroxyl groups is 1. The van der Waals surface area contributed by atoms with Gasteiger partial charge in [-0.05, 0) is 31.7 Å². The third kappa shape index (κ3) is 4.07. The van der Waals surface area contributed by atoms with Crippen molar-refractivity contribution < 1.29 is 14.7 Å². The summed E-state index contributed by atoms with van der Waals surface area (Å²) < 4.78 is 0. The van der Waals surface area contributed by atoms with Crippen molar-refractivity contribution in [3.05, 3.63) is 35.9 Å². The van der Waals surface area contributed by atoms with Crippen LogP contribution in [0, 0.1) is 0 Å². The molecule has 5 nitrogen and oxygen atoms in total. The molecule has 0 spiro atoms. The normalized spacial score (nSPS) is 20.5. The van der Waals surface area contributed by atoms with E-state index in [2.05, 4.69) is 5.32 Å². The first-order valence-corrected chi connectivity index (χ1v) is 7.79. The van der Waals surface area contributed by atoms with Gasteiger partial charge in [0.2, 0.25) is 11.8 Å². The minimum Gasteiger partial charge on any atom is -0.388 e. The number of nitrogens with zero attached hydrogens (tertiary/aromatic N) is 1. The standard InChI is InChI=1S/C17H24N2O3/c1-12(18-13(2)20)17(22)19-10-6-9-15(19)11-16(21)14-7-4-3-5-8-14/h3-5,7-8,12,15-16,21H,6,9-11H2,1-2H3,(H,18,20).